The monoisotopic (exact) mass is 316 g/mol. The van der Waals surface area contributed by atoms with Crippen LogP contribution in [0.2, 0.25) is 0 Å². The molecule has 6 heteroatoms. The number of hydrogen-bond acceptors (Lipinski definition) is 3. The van der Waals surface area contributed by atoms with Gasteiger partial charge in [0.05, 0.1) is 0 Å². The van der Waals surface area contributed by atoms with Crippen molar-refractivity contribution in [2.24, 2.45) is 5.14 Å². The van der Waals surface area contributed by atoms with Crippen molar-refractivity contribution in [3.63, 3.8) is 0 Å². The van der Waals surface area contributed by atoms with Crippen molar-refractivity contribution in [3.05, 3.63) is 35.8 Å². The Balaban J connectivity index is 0.000000921. The molecule has 0 spiro atoms. The number of rotatable bonds is 2. The van der Waals surface area contributed by atoms with E-state index in [1.54, 1.807) is 6.07 Å². The molecule has 21 heavy (non-hydrogen) atoms. The lowest BCUT2D eigenvalue weighted by Gasteiger charge is -2.14. The number of benzene rings is 1. The van der Waals surface area contributed by atoms with Gasteiger partial charge in [0.2, 0.25) is 10.0 Å². The lowest BCUT2D eigenvalue weighted by molar-refractivity contribution is 0.567. The number of nitrogens with two attached hydrogens (primary N) is 1. The van der Waals surface area contributed by atoms with Crippen LogP contribution in [0.1, 0.15) is 46.1 Å². The quantitative estimate of drug-likeness (QED) is 0.879. The van der Waals surface area contributed by atoms with Crippen molar-refractivity contribution in [1.82, 2.24) is 5.32 Å². The molecular formula is C15H25FN2O2S. The van der Waals surface area contributed by atoms with Gasteiger partial charge in [-0.25, -0.2) is 17.9 Å². The van der Waals surface area contributed by atoms with Crippen LogP contribution < -0.4 is 10.5 Å². The van der Waals surface area contributed by atoms with E-state index in [-0.39, 0.29) is 0 Å². The predicted molar refractivity (Wildman–Crippen MR) is 85.7 cm³/mol. The molecule has 0 saturated heterocycles. The number of halogens is 1. The highest BCUT2D eigenvalue weighted by Crippen LogP contribution is 2.24. The van der Waals surface area contributed by atoms with Gasteiger partial charge in [0, 0.05) is 12.7 Å². The van der Waals surface area contributed by atoms with E-state index >= 15 is 0 Å². The molecule has 0 bridgehead atoms. The second-order valence-electron chi connectivity index (χ2n) is 3.92. The SMILES string of the molecule is CC.CC.NS(=O)(=O)c1ccc(C2=CNCCC2)cc1F. The molecule has 0 aliphatic carbocycles. The maximum absolute atomic E-state index is 13.6. The summed E-state index contributed by atoms with van der Waals surface area (Å²) < 4.78 is 35.7. The predicted octanol–water partition coefficient (Wildman–Crippen LogP) is 3.25. The molecule has 1 aromatic carbocycles. The Morgan fingerprint density at radius 1 is 1.19 bits per heavy atom. The van der Waals surface area contributed by atoms with Gasteiger partial charge in [0.25, 0.3) is 0 Å². The molecule has 0 amide bonds. The van der Waals surface area contributed by atoms with Crippen LogP contribution in [0.25, 0.3) is 5.57 Å². The van der Waals surface area contributed by atoms with Crippen molar-refractivity contribution in [3.8, 4) is 0 Å². The minimum Gasteiger partial charge on any atom is -0.391 e. The first-order valence-electron chi connectivity index (χ1n) is 7.23. The zero-order chi connectivity index (χ0) is 16.5. The number of allylic oxidation sites excluding steroid dienone is 1. The number of sulfonamides is 1. The average Bonchev–Trinajstić information content (AvgIpc) is 2.51. The molecule has 0 fully saturated rings. The van der Waals surface area contributed by atoms with Crippen molar-refractivity contribution < 1.29 is 12.8 Å². The maximum Gasteiger partial charge on any atom is 0.240 e. The Morgan fingerprint density at radius 2 is 1.81 bits per heavy atom. The van der Waals surface area contributed by atoms with Gasteiger partial charge in [-0.05, 0) is 36.1 Å². The summed E-state index contributed by atoms with van der Waals surface area (Å²) in [6.07, 6.45) is 3.65. The summed E-state index contributed by atoms with van der Waals surface area (Å²) in [5.74, 6) is -0.809. The summed E-state index contributed by atoms with van der Waals surface area (Å²) in [7, 11) is -3.99. The molecular weight excluding hydrogens is 291 g/mol. The van der Waals surface area contributed by atoms with Gasteiger partial charge < -0.3 is 5.32 Å². The van der Waals surface area contributed by atoms with Gasteiger partial charge in [0.1, 0.15) is 10.7 Å². The molecule has 1 aromatic rings. The highest BCUT2D eigenvalue weighted by Gasteiger charge is 2.16. The van der Waals surface area contributed by atoms with Gasteiger partial charge in [0.15, 0.2) is 0 Å². The first kappa shape index (κ1) is 19.6. The van der Waals surface area contributed by atoms with Gasteiger partial charge in [-0.1, -0.05) is 33.8 Å². The van der Waals surface area contributed by atoms with E-state index in [9.17, 15) is 12.8 Å². The zero-order valence-corrected chi connectivity index (χ0v) is 13.9. The third-order valence-electron chi connectivity index (χ3n) is 2.65. The largest absolute Gasteiger partial charge is 0.391 e. The molecule has 1 aliphatic heterocycles. The molecule has 1 aliphatic rings. The Hall–Kier alpha value is -1.40. The first-order chi connectivity index (χ1) is 9.98. The average molecular weight is 316 g/mol. The minimum absolute atomic E-state index is 0.467. The molecule has 0 saturated carbocycles. The zero-order valence-electron chi connectivity index (χ0n) is 13.1. The van der Waals surface area contributed by atoms with E-state index in [4.69, 9.17) is 5.14 Å². The van der Waals surface area contributed by atoms with E-state index in [1.165, 1.54) is 12.1 Å². The van der Waals surface area contributed by atoms with E-state index < -0.39 is 20.7 Å². The summed E-state index contributed by atoms with van der Waals surface area (Å²) in [5, 5.41) is 7.96. The highest BCUT2D eigenvalue weighted by molar-refractivity contribution is 7.89. The molecule has 0 atom stereocenters. The Labute approximate surface area is 127 Å². The second-order valence-corrected chi connectivity index (χ2v) is 5.45. The fourth-order valence-electron chi connectivity index (χ4n) is 1.81. The highest BCUT2D eigenvalue weighted by atomic mass is 32.2. The topological polar surface area (TPSA) is 72.2 Å². The summed E-state index contributed by atoms with van der Waals surface area (Å²) >= 11 is 0. The van der Waals surface area contributed by atoms with Gasteiger partial charge in [-0.15, -0.1) is 0 Å². The lowest BCUT2D eigenvalue weighted by Crippen LogP contribution is -2.15. The standard InChI is InChI=1S/C11H13FN2O2S.2C2H6/c12-10-6-8(9-2-1-5-14-7-9)3-4-11(10)17(13,15)16;2*1-2/h3-4,6-7,14H,1-2,5H2,(H2,13,15,16);2*1-2H3. The fraction of sp³-hybridized carbons (Fsp3) is 0.467. The number of hydrogen-bond donors (Lipinski definition) is 2. The van der Waals surface area contributed by atoms with E-state index in [2.05, 4.69) is 5.32 Å². The van der Waals surface area contributed by atoms with Crippen LogP contribution in [0, 0.1) is 5.82 Å². The van der Waals surface area contributed by atoms with Gasteiger partial charge in [-0.3, -0.25) is 0 Å². The molecule has 0 aromatic heterocycles. The van der Waals surface area contributed by atoms with E-state index in [0.717, 1.165) is 25.0 Å². The van der Waals surface area contributed by atoms with Crippen LogP contribution in [0.5, 0.6) is 0 Å². The molecule has 0 radical (unpaired) electrons. The molecule has 4 nitrogen and oxygen atoms in total. The van der Waals surface area contributed by atoms with Gasteiger partial charge in [-0.2, -0.15) is 0 Å². The maximum atomic E-state index is 13.6. The smallest absolute Gasteiger partial charge is 0.240 e. The minimum atomic E-state index is -3.99. The molecule has 3 N–H and O–H groups in total. The second kappa shape index (κ2) is 9.52. The van der Waals surface area contributed by atoms with Crippen LogP contribution in [0.4, 0.5) is 4.39 Å². The van der Waals surface area contributed by atoms with Crippen molar-refractivity contribution >= 4 is 15.6 Å². The van der Waals surface area contributed by atoms with E-state index in [1.807, 2.05) is 33.9 Å². The third-order valence-corrected chi connectivity index (χ3v) is 3.60. The molecule has 1 heterocycles. The Kier molecular flexibility index (Phi) is 8.89. The van der Waals surface area contributed by atoms with E-state index in [0.29, 0.717) is 5.56 Å². The first-order valence-corrected chi connectivity index (χ1v) is 8.78. The molecule has 2 rings (SSSR count). The third kappa shape index (κ3) is 5.85. The summed E-state index contributed by atoms with van der Waals surface area (Å²) in [6, 6.07) is 3.98. The summed E-state index contributed by atoms with van der Waals surface area (Å²) in [6.45, 7) is 8.90. The van der Waals surface area contributed by atoms with Crippen molar-refractivity contribution in [2.75, 3.05) is 6.54 Å². The lowest BCUT2D eigenvalue weighted by atomic mass is 10.0. The van der Waals surface area contributed by atoms with Crippen LogP contribution in [0.3, 0.4) is 0 Å². The number of primary sulfonamides is 1. The van der Waals surface area contributed by atoms with Crippen molar-refractivity contribution in [2.45, 2.75) is 45.4 Å². The fourth-order valence-corrected chi connectivity index (χ4v) is 2.40. The van der Waals surface area contributed by atoms with Crippen LogP contribution in [0.15, 0.2) is 29.3 Å². The Bertz CT molecular complexity index is 569. The summed E-state index contributed by atoms with van der Waals surface area (Å²) in [5.41, 5.74) is 1.65. The van der Waals surface area contributed by atoms with Gasteiger partial charge >= 0.3 is 0 Å². The number of nitrogens with one attached hydrogen (secondary N) is 1. The molecule has 0 unspecified atom stereocenters. The van der Waals surface area contributed by atoms with Crippen LogP contribution in [-0.2, 0) is 10.0 Å². The van der Waals surface area contributed by atoms with Crippen LogP contribution in [-0.4, -0.2) is 15.0 Å². The van der Waals surface area contributed by atoms with Crippen LogP contribution >= 0.6 is 0 Å². The normalized spacial score (nSPS) is 13.7. The molecule has 120 valence electrons. The Morgan fingerprint density at radius 3 is 2.24 bits per heavy atom. The van der Waals surface area contributed by atoms with Crippen molar-refractivity contribution in [1.29, 1.82) is 0 Å². The summed E-state index contributed by atoms with van der Waals surface area (Å²) in [4.78, 5) is -0.467.